The maximum atomic E-state index is 9.15. The van der Waals surface area contributed by atoms with Gasteiger partial charge >= 0.3 is 0 Å². The Morgan fingerprint density at radius 2 is 1.42 bits per heavy atom. The van der Waals surface area contributed by atoms with Gasteiger partial charge in [0.25, 0.3) is 6.33 Å². The van der Waals surface area contributed by atoms with Crippen LogP contribution in [0.4, 0.5) is 0 Å². The van der Waals surface area contributed by atoms with Gasteiger partial charge in [0.05, 0.1) is 30.4 Å². The van der Waals surface area contributed by atoms with Crippen molar-refractivity contribution in [2.45, 2.75) is 46.4 Å². The molecule has 3 heterocycles. The van der Waals surface area contributed by atoms with Gasteiger partial charge in [0.1, 0.15) is 5.82 Å². The Hall–Kier alpha value is -6.55. The molecule has 0 fully saturated rings. The van der Waals surface area contributed by atoms with Crippen LogP contribution >= 0.6 is 0 Å². The second-order valence-electron chi connectivity index (χ2n) is 16.1. The summed E-state index contributed by atoms with van der Waals surface area (Å²) in [6, 6.07) is 32.0. The first-order chi connectivity index (χ1) is 34.6. The van der Waals surface area contributed by atoms with Crippen molar-refractivity contribution in [2.75, 3.05) is 0 Å². The Balaban J connectivity index is 0.00000672. The Bertz CT molecular complexity index is 3770. The number of para-hydroxylation sites is 2. The summed E-state index contributed by atoms with van der Waals surface area (Å²) < 4.78 is 118. The van der Waals surface area contributed by atoms with E-state index in [-0.39, 0.29) is 54.4 Å². The predicted molar refractivity (Wildman–Crippen MR) is 248 cm³/mol. The molecule has 0 N–H and O–H groups in total. The fourth-order valence-electron chi connectivity index (χ4n) is 7.76. The van der Waals surface area contributed by atoms with Gasteiger partial charge in [-0.2, -0.15) is 18.2 Å². The van der Waals surface area contributed by atoms with Crippen molar-refractivity contribution >= 4 is 32.8 Å². The summed E-state index contributed by atoms with van der Waals surface area (Å²) >= 11 is 0. The molecule has 0 aliphatic carbocycles. The SMILES string of the molecule is [2H]c1c([2H])c([2H])c(-c2cccc(-c3c([2H])c([2H])c([2H])c([2H])c3[2H])c2-[n+]2[c-]n(-c3[c-]c(Oc4[c-]c5c(cc4)c4ccccc4n5-c4cc(C(C)(C)C)ccn4)ccc3)c3ccc(C([2H])([2H])C(C)C)cc32)c([2H])c1[2H].[Pt]. The van der Waals surface area contributed by atoms with E-state index in [1.54, 1.807) is 54.8 Å². The van der Waals surface area contributed by atoms with Gasteiger partial charge < -0.3 is 13.9 Å². The molecule has 0 unspecified atom stereocenters. The van der Waals surface area contributed by atoms with E-state index in [2.05, 4.69) is 55.9 Å². The maximum absolute atomic E-state index is 9.15. The van der Waals surface area contributed by atoms with E-state index in [1.807, 2.05) is 42.6 Å². The van der Waals surface area contributed by atoms with E-state index in [9.17, 15) is 0 Å². The van der Waals surface area contributed by atoms with E-state index in [0.29, 0.717) is 33.8 Å². The van der Waals surface area contributed by atoms with Crippen molar-refractivity contribution in [3.05, 3.63) is 199 Å². The predicted octanol–water partition coefficient (Wildman–Crippen LogP) is 13.4. The fourth-order valence-corrected chi connectivity index (χ4v) is 7.76. The molecule has 3 aromatic heterocycles. The zero-order chi connectivity index (χ0) is 52.2. The van der Waals surface area contributed by atoms with E-state index >= 15 is 0 Å². The minimum atomic E-state index is -1.86. The van der Waals surface area contributed by atoms with E-state index < -0.39 is 72.7 Å². The molecule has 0 amide bonds. The van der Waals surface area contributed by atoms with Gasteiger partial charge in [-0.05, 0) is 80.9 Å². The maximum Gasteiger partial charge on any atom is 0.268 e. The number of rotatable bonds is 9. The van der Waals surface area contributed by atoms with Gasteiger partial charge in [-0.3, -0.25) is 4.57 Å². The number of aromatic nitrogens is 4. The Morgan fingerprint density at radius 3 is 2.13 bits per heavy atom. The third-order valence-electron chi connectivity index (χ3n) is 10.5. The van der Waals surface area contributed by atoms with Gasteiger partial charge in [-0.15, -0.1) is 29.7 Å². The summed E-state index contributed by atoms with van der Waals surface area (Å²) in [5, 5.41) is 1.97. The van der Waals surface area contributed by atoms with Crippen LogP contribution < -0.4 is 9.30 Å². The molecular weight excluding hydrogens is 940 g/mol. The minimum absolute atomic E-state index is 0. The van der Waals surface area contributed by atoms with Crippen molar-refractivity contribution in [3.8, 4) is 50.9 Å². The van der Waals surface area contributed by atoms with E-state index in [0.717, 1.165) is 33.2 Å². The van der Waals surface area contributed by atoms with Crippen molar-refractivity contribution < 1.29 is 46.8 Å². The molecule has 0 bridgehead atoms. The minimum Gasteiger partial charge on any atom is -0.510 e. The molecule has 0 saturated heterocycles. The van der Waals surface area contributed by atoms with Crippen LogP contribution in [-0.2, 0) is 32.9 Å². The average molecular weight is 998 g/mol. The number of imidazole rings is 1. The number of hydrogen-bond donors (Lipinski definition) is 0. The quantitative estimate of drug-likeness (QED) is 0.107. The van der Waals surface area contributed by atoms with Crippen LogP contribution in [0.2, 0.25) is 0 Å². The summed E-state index contributed by atoms with van der Waals surface area (Å²) in [6.07, 6.45) is 3.34. The zero-order valence-corrected chi connectivity index (χ0v) is 36.8. The number of ether oxygens (including phenoxy) is 1. The van der Waals surface area contributed by atoms with Gasteiger partial charge in [0, 0.05) is 47.0 Å². The van der Waals surface area contributed by atoms with Gasteiger partial charge in [0.15, 0.2) is 0 Å². The second-order valence-corrected chi connectivity index (χ2v) is 16.1. The summed E-state index contributed by atoms with van der Waals surface area (Å²) in [7, 11) is 0. The molecule has 62 heavy (non-hydrogen) atoms. The molecule has 308 valence electrons. The van der Waals surface area contributed by atoms with Crippen molar-refractivity contribution in [2.24, 2.45) is 5.92 Å². The van der Waals surface area contributed by atoms with Gasteiger partial charge in [0.2, 0.25) is 0 Å². The molecule has 0 aliphatic heterocycles. The number of nitrogens with zero attached hydrogens (tertiary/aromatic N) is 4. The normalized spacial score (nSPS) is 14.7. The van der Waals surface area contributed by atoms with Gasteiger partial charge in [-0.1, -0.05) is 155 Å². The molecule has 0 aliphatic rings. The average Bonchev–Trinajstić information content (AvgIpc) is 3.91. The molecule has 0 radical (unpaired) electrons. The van der Waals surface area contributed by atoms with Crippen LogP contribution in [0.5, 0.6) is 11.5 Å². The largest absolute Gasteiger partial charge is 0.510 e. The third kappa shape index (κ3) is 7.67. The topological polar surface area (TPSA) is 35.9 Å². The van der Waals surface area contributed by atoms with Gasteiger partial charge in [-0.25, -0.2) is 4.98 Å². The van der Waals surface area contributed by atoms with Crippen LogP contribution in [0.25, 0.3) is 72.3 Å². The molecule has 10 aromatic rings. The van der Waals surface area contributed by atoms with Crippen LogP contribution in [0, 0.1) is 24.4 Å². The molecule has 10 rings (SSSR count). The molecule has 7 aromatic carbocycles. The summed E-state index contributed by atoms with van der Waals surface area (Å²) in [5.74, 6) is 0.951. The van der Waals surface area contributed by atoms with Crippen molar-refractivity contribution in [3.63, 3.8) is 0 Å². The summed E-state index contributed by atoms with van der Waals surface area (Å²) in [6.45, 7) is 9.99. The Morgan fingerprint density at radius 1 is 0.726 bits per heavy atom. The fraction of sp³-hybridized carbons (Fsp3) is 0.143. The number of fused-ring (bicyclic) bond motifs is 4. The van der Waals surface area contributed by atoms with Crippen molar-refractivity contribution in [1.82, 2.24) is 14.1 Å². The van der Waals surface area contributed by atoms with Crippen LogP contribution in [0.1, 0.15) is 62.2 Å². The summed E-state index contributed by atoms with van der Waals surface area (Å²) in [4.78, 5) is 4.80. The molecule has 6 heteroatoms. The molecule has 0 spiro atoms. The molecule has 0 saturated carbocycles. The Labute approximate surface area is 395 Å². The van der Waals surface area contributed by atoms with E-state index in [4.69, 9.17) is 26.2 Å². The zero-order valence-electron chi connectivity index (χ0n) is 46.5. The first kappa shape index (κ1) is 28.9. The number of hydrogen-bond acceptors (Lipinski definition) is 2. The van der Waals surface area contributed by atoms with Crippen LogP contribution in [0.3, 0.4) is 0 Å². The smallest absolute Gasteiger partial charge is 0.268 e. The third-order valence-corrected chi connectivity index (χ3v) is 10.5. The molecule has 0 atom stereocenters. The number of benzene rings is 7. The van der Waals surface area contributed by atoms with E-state index in [1.165, 1.54) is 22.8 Å². The van der Waals surface area contributed by atoms with Crippen LogP contribution in [-0.4, -0.2) is 14.1 Å². The summed E-state index contributed by atoms with van der Waals surface area (Å²) in [5.41, 5.74) is 3.94. The van der Waals surface area contributed by atoms with Crippen LogP contribution in [0.15, 0.2) is 170 Å². The first-order valence-corrected chi connectivity index (χ1v) is 20.0. The first-order valence-electron chi connectivity index (χ1n) is 26.0. The Kier molecular flexibility index (Phi) is 7.79. The monoisotopic (exact) mass is 997 g/mol. The standard InChI is InChI=1S/C56H46N4O.Pt/c1-38(2)32-39-26-29-51-53(33-39)59(55-46(40-16-8-6-9-17-40)23-15-24-47(55)41-18-10-7-11-19-41)37-58(51)43-20-14-21-44(35-43)61-45-27-28-49-48-22-12-13-25-50(48)60(52(49)36-45)54-34-42(30-31-57-54)56(3,4)5;/h6-31,33-34,38H,32H2,1-5H3;/q-2;/i6D,7D,8D,9D,10D,11D,16D,17D,18D,19D,32D2;. The van der Waals surface area contributed by atoms with Crippen molar-refractivity contribution in [1.29, 1.82) is 0 Å². The second kappa shape index (κ2) is 16.7. The molecule has 5 nitrogen and oxygen atoms in total. The molecular formula is C56H46N4OPt-2. The number of pyridine rings is 1.